The van der Waals surface area contributed by atoms with Gasteiger partial charge in [-0.15, -0.1) is 0 Å². The molecule has 4 aliphatic carbocycles. The zero-order valence-corrected chi connectivity index (χ0v) is 22.1. The molecule has 33 heavy (non-hydrogen) atoms. The van der Waals surface area contributed by atoms with Crippen molar-refractivity contribution in [1.29, 1.82) is 0 Å². The zero-order chi connectivity index (χ0) is 24.0. The van der Waals surface area contributed by atoms with Crippen molar-refractivity contribution >= 4 is 23.6 Å². The van der Waals surface area contributed by atoms with E-state index < -0.39 is 0 Å². The van der Waals surface area contributed by atoms with Crippen LogP contribution < -0.4 is 5.32 Å². The van der Waals surface area contributed by atoms with Crippen LogP contribution in [0.1, 0.15) is 85.0 Å². The van der Waals surface area contributed by atoms with Crippen molar-refractivity contribution in [2.24, 2.45) is 40.9 Å². The molecule has 188 valence electrons. The Hall–Kier alpha value is -0.750. The number of ether oxygens (including phenoxy) is 1. The van der Waals surface area contributed by atoms with E-state index in [1.165, 1.54) is 25.7 Å². The molecule has 0 bridgehead atoms. The number of esters is 1. The number of carbonyl (C=O) groups excluding carboxylic acids is 2. The molecule has 2 N–H and O–H groups in total. The second-order valence-electron chi connectivity index (χ2n) is 11.8. The van der Waals surface area contributed by atoms with Crippen LogP contribution in [0.15, 0.2) is 0 Å². The highest BCUT2D eigenvalue weighted by Gasteiger charge is 2.66. The van der Waals surface area contributed by atoms with Crippen molar-refractivity contribution in [2.45, 2.75) is 102 Å². The number of carbonyl (C=O) groups is 2. The average molecular weight is 480 g/mol. The van der Waals surface area contributed by atoms with Crippen LogP contribution >= 0.6 is 11.8 Å². The summed E-state index contributed by atoms with van der Waals surface area (Å²) >= 11 is 1.96. The first kappa shape index (κ1) is 25.3. The maximum Gasteiger partial charge on any atom is 0.302 e. The predicted octanol–water partition coefficient (Wildman–Crippen LogP) is 4.81. The van der Waals surface area contributed by atoms with Crippen molar-refractivity contribution in [2.75, 3.05) is 13.3 Å². The minimum Gasteiger partial charge on any atom is -0.461 e. The number of aliphatic hydroxyl groups is 1. The summed E-state index contributed by atoms with van der Waals surface area (Å²) in [5.74, 6) is 3.23. The quantitative estimate of drug-likeness (QED) is 0.535. The topological polar surface area (TPSA) is 75.6 Å². The largest absolute Gasteiger partial charge is 0.461 e. The fourth-order valence-corrected chi connectivity index (χ4v) is 10.7. The number of fused-ring (bicyclic) bond motifs is 5. The third-order valence-corrected chi connectivity index (χ3v) is 12.2. The highest BCUT2D eigenvalue weighted by Crippen LogP contribution is 2.69. The molecule has 6 unspecified atom stereocenters. The van der Waals surface area contributed by atoms with E-state index in [2.05, 4.69) is 25.4 Å². The summed E-state index contributed by atoms with van der Waals surface area (Å²) in [6.45, 7) is 6.36. The molecular weight excluding hydrogens is 434 g/mol. The fourth-order valence-electron chi connectivity index (χ4n) is 9.06. The van der Waals surface area contributed by atoms with Crippen LogP contribution in [0, 0.1) is 40.9 Å². The third-order valence-electron chi connectivity index (χ3n) is 10.6. The van der Waals surface area contributed by atoms with E-state index in [9.17, 15) is 14.7 Å². The van der Waals surface area contributed by atoms with Gasteiger partial charge in [-0.05, 0) is 105 Å². The van der Waals surface area contributed by atoms with Gasteiger partial charge in [0.2, 0.25) is 5.91 Å². The van der Waals surface area contributed by atoms with E-state index in [0.29, 0.717) is 41.9 Å². The Morgan fingerprint density at radius 2 is 1.91 bits per heavy atom. The van der Waals surface area contributed by atoms with Gasteiger partial charge in [-0.3, -0.25) is 9.59 Å². The first-order valence-corrected chi connectivity index (χ1v) is 14.5. The lowest BCUT2D eigenvalue weighted by atomic mass is 9.46. The fraction of sp³-hybridized carbons (Fsp3) is 0.926. The molecule has 0 saturated heterocycles. The molecule has 6 heteroatoms. The number of amides is 1. The van der Waals surface area contributed by atoms with Crippen molar-refractivity contribution in [3.05, 3.63) is 0 Å². The number of aliphatic hydroxyl groups excluding tert-OH is 1. The van der Waals surface area contributed by atoms with Gasteiger partial charge in [-0.1, -0.05) is 13.8 Å². The lowest BCUT2D eigenvalue weighted by Gasteiger charge is -2.63. The monoisotopic (exact) mass is 479 g/mol. The first-order chi connectivity index (χ1) is 15.7. The van der Waals surface area contributed by atoms with Gasteiger partial charge in [0.15, 0.2) is 0 Å². The zero-order valence-electron chi connectivity index (χ0n) is 21.3. The maximum absolute atomic E-state index is 12.3. The lowest BCUT2D eigenvalue weighted by Crippen LogP contribution is -2.62. The molecule has 0 aliphatic heterocycles. The van der Waals surface area contributed by atoms with E-state index in [1.54, 1.807) is 14.0 Å². The number of rotatable bonds is 6. The standard InChI is InChI=1S/C27H45NO4S/c1-16(6-11-25(31)28-4)21-9-10-22-20-8-7-18-14-19(30)12-13-26(18,3)23(20)15-24(32-17(2)29)27(21,22)33-5/h16,18-24,30H,6-15H2,1-5H3,(H,28,31)/t16-,18?,19+,20?,21?,22?,23?,24+,26+,27?/m1/s1. The van der Waals surface area contributed by atoms with Gasteiger partial charge in [0.1, 0.15) is 6.10 Å². The van der Waals surface area contributed by atoms with E-state index in [0.717, 1.165) is 32.1 Å². The van der Waals surface area contributed by atoms with Crippen LogP contribution in [-0.2, 0) is 14.3 Å². The molecule has 0 aromatic carbocycles. The van der Waals surface area contributed by atoms with Crippen LogP contribution in [0.5, 0.6) is 0 Å². The van der Waals surface area contributed by atoms with Crippen LogP contribution in [0.3, 0.4) is 0 Å². The Morgan fingerprint density at radius 3 is 2.58 bits per heavy atom. The van der Waals surface area contributed by atoms with Gasteiger partial charge in [0.25, 0.3) is 0 Å². The van der Waals surface area contributed by atoms with Gasteiger partial charge in [-0.2, -0.15) is 11.8 Å². The molecule has 1 amide bonds. The van der Waals surface area contributed by atoms with Gasteiger partial charge in [0, 0.05) is 20.4 Å². The average Bonchev–Trinajstić information content (AvgIpc) is 3.19. The van der Waals surface area contributed by atoms with E-state index in [-0.39, 0.29) is 34.2 Å². The normalized spacial score (nSPS) is 45.3. The molecule has 0 spiro atoms. The summed E-state index contributed by atoms with van der Waals surface area (Å²) in [6.07, 6.45) is 12.2. The summed E-state index contributed by atoms with van der Waals surface area (Å²) in [5, 5.41) is 13.1. The molecule has 10 atom stereocenters. The maximum atomic E-state index is 12.3. The first-order valence-electron chi connectivity index (χ1n) is 13.3. The molecule has 0 radical (unpaired) electrons. The van der Waals surface area contributed by atoms with E-state index in [1.807, 2.05) is 11.8 Å². The minimum absolute atomic E-state index is 0.0493. The lowest BCUT2D eigenvalue weighted by molar-refractivity contribution is -0.168. The third kappa shape index (κ3) is 4.26. The second kappa shape index (κ2) is 9.72. The molecular formula is C27H45NO4S. The Bertz CT molecular complexity index is 746. The van der Waals surface area contributed by atoms with Crippen molar-refractivity contribution in [1.82, 2.24) is 5.32 Å². The highest BCUT2D eigenvalue weighted by atomic mass is 32.2. The molecule has 0 aromatic rings. The number of nitrogens with one attached hydrogen (secondary N) is 1. The Labute approximate surface area is 204 Å². The summed E-state index contributed by atoms with van der Waals surface area (Å²) in [4.78, 5) is 24.3. The number of hydrogen-bond donors (Lipinski definition) is 2. The summed E-state index contributed by atoms with van der Waals surface area (Å²) in [7, 11) is 1.71. The van der Waals surface area contributed by atoms with Crippen LogP contribution in [-0.4, -0.2) is 47.2 Å². The molecule has 5 nitrogen and oxygen atoms in total. The SMILES string of the molecule is CNC(=O)CC[C@@H](C)C1CCC2C3CCC4C[C@@H](O)CC[C@]4(C)C3C[C@H](OC(C)=O)C21SC. The van der Waals surface area contributed by atoms with Gasteiger partial charge in [-0.25, -0.2) is 0 Å². The minimum atomic E-state index is -0.161. The van der Waals surface area contributed by atoms with E-state index in [4.69, 9.17) is 4.74 Å². The Morgan fingerprint density at radius 1 is 1.15 bits per heavy atom. The molecule has 0 heterocycles. The Balaban J connectivity index is 1.66. The molecule has 4 aliphatic rings. The molecule has 4 saturated carbocycles. The Kier molecular flexibility index (Phi) is 7.46. The van der Waals surface area contributed by atoms with Crippen molar-refractivity contribution in [3.63, 3.8) is 0 Å². The van der Waals surface area contributed by atoms with E-state index >= 15 is 0 Å². The van der Waals surface area contributed by atoms with Crippen molar-refractivity contribution < 1.29 is 19.4 Å². The summed E-state index contributed by atoms with van der Waals surface area (Å²) in [5.41, 5.74) is 0.244. The highest BCUT2D eigenvalue weighted by molar-refractivity contribution is 8.00. The number of hydrogen-bond acceptors (Lipinski definition) is 5. The molecule has 4 fully saturated rings. The predicted molar refractivity (Wildman–Crippen MR) is 133 cm³/mol. The second-order valence-corrected chi connectivity index (χ2v) is 13.0. The number of thioether (sulfide) groups is 1. The van der Waals surface area contributed by atoms with Crippen LogP contribution in [0.4, 0.5) is 0 Å². The van der Waals surface area contributed by atoms with Crippen LogP contribution in [0.25, 0.3) is 0 Å². The van der Waals surface area contributed by atoms with Gasteiger partial charge in [0.05, 0.1) is 10.9 Å². The van der Waals surface area contributed by atoms with Crippen LogP contribution in [0.2, 0.25) is 0 Å². The van der Waals surface area contributed by atoms with Gasteiger partial charge < -0.3 is 15.2 Å². The molecule has 0 aromatic heterocycles. The molecule has 4 rings (SSSR count). The summed E-state index contributed by atoms with van der Waals surface area (Å²) in [6, 6.07) is 0. The smallest absolute Gasteiger partial charge is 0.302 e. The van der Waals surface area contributed by atoms with Gasteiger partial charge >= 0.3 is 5.97 Å². The summed E-state index contributed by atoms with van der Waals surface area (Å²) < 4.78 is 6.18. The van der Waals surface area contributed by atoms with Crippen molar-refractivity contribution in [3.8, 4) is 0 Å².